The highest BCUT2D eigenvalue weighted by molar-refractivity contribution is 5.25. The van der Waals surface area contributed by atoms with Gasteiger partial charge in [0.15, 0.2) is 0 Å². The molecular formula is C17H25N3. The van der Waals surface area contributed by atoms with Crippen molar-refractivity contribution < 1.29 is 0 Å². The molecule has 1 heterocycles. The van der Waals surface area contributed by atoms with E-state index in [0.29, 0.717) is 6.04 Å². The molecule has 0 aliphatic heterocycles. The number of hydrogen-bond acceptors (Lipinski definition) is 3. The van der Waals surface area contributed by atoms with E-state index in [1.807, 2.05) is 19.3 Å². The van der Waals surface area contributed by atoms with Crippen molar-refractivity contribution in [3.8, 4) is 0 Å². The lowest BCUT2D eigenvalue weighted by molar-refractivity contribution is 0.572. The van der Waals surface area contributed by atoms with Crippen molar-refractivity contribution in [1.29, 1.82) is 0 Å². The molecule has 0 bridgehead atoms. The average molecular weight is 271 g/mol. The Morgan fingerprint density at radius 3 is 2.70 bits per heavy atom. The number of rotatable bonds is 4. The third-order valence-electron chi connectivity index (χ3n) is 4.63. The Morgan fingerprint density at radius 1 is 1.10 bits per heavy atom. The van der Waals surface area contributed by atoms with Crippen molar-refractivity contribution in [2.75, 3.05) is 6.54 Å². The van der Waals surface area contributed by atoms with Crippen LogP contribution in [0.3, 0.4) is 0 Å². The number of allylic oxidation sites excluding steroid dienone is 1. The molecule has 1 aromatic rings. The minimum absolute atomic E-state index is 0.640. The Hall–Kier alpha value is -1.22. The van der Waals surface area contributed by atoms with E-state index in [4.69, 9.17) is 0 Å². The molecule has 0 radical (unpaired) electrons. The van der Waals surface area contributed by atoms with E-state index >= 15 is 0 Å². The Labute approximate surface area is 121 Å². The first-order valence-electron chi connectivity index (χ1n) is 8.04. The predicted molar refractivity (Wildman–Crippen MR) is 81.6 cm³/mol. The van der Waals surface area contributed by atoms with Crippen molar-refractivity contribution in [2.24, 2.45) is 0 Å². The smallest absolute Gasteiger partial charge is 0.0599 e. The summed E-state index contributed by atoms with van der Waals surface area (Å²) >= 11 is 0. The third kappa shape index (κ3) is 3.26. The highest BCUT2D eigenvalue weighted by Gasteiger charge is 2.24. The third-order valence-corrected chi connectivity index (χ3v) is 4.63. The van der Waals surface area contributed by atoms with Gasteiger partial charge in [0.25, 0.3) is 0 Å². The molecule has 2 fully saturated rings. The SMILES string of the molecule is Cc1cnc(CCNC2CCCC2=C2CCCC2)cn1. The molecule has 1 aromatic heterocycles. The first kappa shape index (κ1) is 13.7. The summed E-state index contributed by atoms with van der Waals surface area (Å²) in [5.74, 6) is 0. The van der Waals surface area contributed by atoms with Crippen molar-refractivity contribution in [3.63, 3.8) is 0 Å². The fraction of sp³-hybridized carbons (Fsp3) is 0.647. The van der Waals surface area contributed by atoms with Crippen LogP contribution < -0.4 is 5.32 Å². The van der Waals surface area contributed by atoms with Crippen LogP contribution in [-0.4, -0.2) is 22.6 Å². The minimum atomic E-state index is 0.640. The van der Waals surface area contributed by atoms with Crippen molar-refractivity contribution in [1.82, 2.24) is 15.3 Å². The van der Waals surface area contributed by atoms with E-state index < -0.39 is 0 Å². The molecule has 3 nitrogen and oxygen atoms in total. The van der Waals surface area contributed by atoms with Crippen LogP contribution in [0.1, 0.15) is 56.3 Å². The van der Waals surface area contributed by atoms with E-state index in [0.717, 1.165) is 24.4 Å². The topological polar surface area (TPSA) is 37.8 Å². The summed E-state index contributed by atoms with van der Waals surface area (Å²) < 4.78 is 0. The van der Waals surface area contributed by atoms with Gasteiger partial charge < -0.3 is 5.32 Å². The van der Waals surface area contributed by atoms with Gasteiger partial charge in [-0.1, -0.05) is 11.1 Å². The summed E-state index contributed by atoms with van der Waals surface area (Å²) in [6, 6.07) is 0.640. The molecule has 3 heteroatoms. The quantitative estimate of drug-likeness (QED) is 0.853. The van der Waals surface area contributed by atoms with Gasteiger partial charge in [0, 0.05) is 31.4 Å². The second kappa shape index (κ2) is 6.49. The Bertz CT molecular complexity index is 468. The summed E-state index contributed by atoms with van der Waals surface area (Å²) in [6.07, 6.45) is 14.3. The van der Waals surface area contributed by atoms with Gasteiger partial charge in [0.1, 0.15) is 0 Å². The van der Waals surface area contributed by atoms with Crippen molar-refractivity contribution in [3.05, 3.63) is 34.9 Å². The lowest BCUT2D eigenvalue weighted by atomic mass is 10.0. The zero-order chi connectivity index (χ0) is 13.8. The number of aryl methyl sites for hydroxylation is 1. The van der Waals surface area contributed by atoms with Crippen LogP contribution in [0.25, 0.3) is 0 Å². The lowest BCUT2D eigenvalue weighted by Crippen LogP contribution is -2.30. The Morgan fingerprint density at radius 2 is 1.95 bits per heavy atom. The fourth-order valence-corrected chi connectivity index (χ4v) is 3.54. The molecule has 0 amide bonds. The zero-order valence-electron chi connectivity index (χ0n) is 12.5. The maximum atomic E-state index is 4.42. The molecule has 0 spiro atoms. The summed E-state index contributed by atoms with van der Waals surface area (Å²) in [4.78, 5) is 8.73. The molecule has 3 rings (SSSR count). The summed E-state index contributed by atoms with van der Waals surface area (Å²) in [7, 11) is 0. The summed E-state index contributed by atoms with van der Waals surface area (Å²) in [6.45, 7) is 2.99. The molecule has 1 N–H and O–H groups in total. The molecule has 0 saturated heterocycles. The summed E-state index contributed by atoms with van der Waals surface area (Å²) in [5.41, 5.74) is 5.61. The lowest BCUT2D eigenvalue weighted by Gasteiger charge is -2.17. The first-order chi connectivity index (χ1) is 9.83. The fourth-order valence-electron chi connectivity index (χ4n) is 3.54. The monoisotopic (exact) mass is 271 g/mol. The maximum Gasteiger partial charge on any atom is 0.0599 e. The van der Waals surface area contributed by atoms with Crippen LogP contribution in [0.15, 0.2) is 23.5 Å². The molecule has 2 saturated carbocycles. The van der Waals surface area contributed by atoms with Gasteiger partial charge in [-0.15, -0.1) is 0 Å². The molecular weight excluding hydrogens is 246 g/mol. The standard InChI is InChI=1S/C17H25N3/c1-13-11-20-15(12-19-13)9-10-18-17-8-4-7-16(17)14-5-2-3-6-14/h11-12,17-18H,2-10H2,1H3. The molecule has 2 aliphatic carbocycles. The average Bonchev–Trinajstić information content (AvgIpc) is 3.11. The Kier molecular flexibility index (Phi) is 4.46. The van der Waals surface area contributed by atoms with Gasteiger partial charge in [0.05, 0.1) is 11.4 Å². The highest BCUT2D eigenvalue weighted by atomic mass is 14.9. The van der Waals surface area contributed by atoms with Gasteiger partial charge in [0.2, 0.25) is 0 Å². The molecule has 108 valence electrons. The molecule has 1 atom stereocenters. The van der Waals surface area contributed by atoms with Crippen LogP contribution >= 0.6 is 0 Å². The van der Waals surface area contributed by atoms with Crippen LogP contribution in [0, 0.1) is 6.92 Å². The molecule has 2 aliphatic rings. The van der Waals surface area contributed by atoms with Gasteiger partial charge in [-0.05, 0) is 51.9 Å². The van der Waals surface area contributed by atoms with Crippen molar-refractivity contribution >= 4 is 0 Å². The summed E-state index contributed by atoms with van der Waals surface area (Å²) in [5, 5.41) is 3.75. The second-order valence-electron chi connectivity index (χ2n) is 6.13. The van der Waals surface area contributed by atoms with E-state index in [9.17, 15) is 0 Å². The normalized spacial score (nSPS) is 22.8. The highest BCUT2D eigenvalue weighted by Crippen LogP contribution is 2.35. The molecule has 1 unspecified atom stereocenters. The van der Waals surface area contributed by atoms with Crippen LogP contribution in [0.2, 0.25) is 0 Å². The largest absolute Gasteiger partial charge is 0.310 e. The van der Waals surface area contributed by atoms with Gasteiger partial charge in [-0.3, -0.25) is 9.97 Å². The molecule has 20 heavy (non-hydrogen) atoms. The maximum absolute atomic E-state index is 4.42. The van der Waals surface area contributed by atoms with Gasteiger partial charge >= 0.3 is 0 Å². The predicted octanol–water partition coefficient (Wildman–Crippen LogP) is 3.34. The van der Waals surface area contributed by atoms with Crippen molar-refractivity contribution in [2.45, 2.75) is 64.3 Å². The number of aromatic nitrogens is 2. The Balaban J connectivity index is 1.53. The van der Waals surface area contributed by atoms with Crippen LogP contribution in [0.4, 0.5) is 0 Å². The van der Waals surface area contributed by atoms with Crippen LogP contribution in [0.5, 0.6) is 0 Å². The first-order valence-corrected chi connectivity index (χ1v) is 8.04. The number of nitrogens with one attached hydrogen (secondary N) is 1. The van der Waals surface area contributed by atoms with Gasteiger partial charge in [-0.25, -0.2) is 0 Å². The zero-order valence-corrected chi connectivity index (χ0v) is 12.5. The van der Waals surface area contributed by atoms with E-state index in [1.54, 1.807) is 11.1 Å². The minimum Gasteiger partial charge on any atom is -0.310 e. The van der Waals surface area contributed by atoms with Crippen LogP contribution in [-0.2, 0) is 6.42 Å². The van der Waals surface area contributed by atoms with Gasteiger partial charge in [-0.2, -0.15) is 0 Å². The number of hydrogen-bond donors (Lipinski definition) is 1. The molecule has 0 aromatic carbocycles. The van der Waals surface area contributed by atoms with E-state index in [-0.39, 0.29) is 0 Å². The van der Waals surface area contributed by atoms with E-state index in [1.165, 1.54) is 44.9 Å². The second-order valence-corrected chi connectivity index (χ2v) is 6.13. The van der Waals surface area contributed by atoms with E-state index in [2.05, 4.69) is 15.3 Å². The number of nitrogens with zero attached hydrogens (tertiary/aromatic N) is 2.